The zero-order valence-electron chi connectivity index (χ0n) is 11.0. The fraction of sp³-hybridized carbons (Fsp3) is 0.200. The molecule has 0 fully saturated rings. The van der Waals surface area contributed by atoms with Crippen LogP contribution in [0.15, 0.2) is 42.5 Å². The summed E-state index contributed by atoms with van der Waals surface area (Å²) < 4.78 is 54.4. The van der Waals surface area contributed by atoms with Crippen LogP contribution in [-0.4, -0.2) is 12.9 Å². The molecule has 0 spiro atoms. The van der Waals surface area contributed by atoms with Gasteiger partial charge in [0.15, 0.2) is 0 Å². The normalized spacial score (nSPS) is 11.5. The third kappa shape index (κ3) is 4.19. The van der Waals surface area contributed by atoms with E-state index in [1.165, 1.54) is 24.3 Å². The third-order valence-electron chi connectivity index (χ3n) is 2.85. The topological polar surface area (TPSA) is 35.2 Å². The first kappa shape index (κ1) is 15.3. The quantitative estimate of drug-likeness (QED) is 0.869. The first-order valence-electron chi connectivity index (χ1n) is 6.24. The highest BCUT2D eigenvalue weighted by Gasteiger charge is 2.31. The van der Waals surface area contributed by atoms with Gasteiger partial charge >= 0.3 is 6.36 Å². The van der Waals surface area contributed by atoms with E-state index in [4.69, 9.17) is 5.73 Å². The second-order valence-electron chi connectivity index (χ2n) is 4.43. The van der Waals surface area contributed by atoms with Crippen LogP contribution in [-0.2, 0) is 6.42 Å². The van der Waals surface area contributed by atoms with Gasteiger partial charge in [0.05, 0.1) is 0 Å². The van der Waals surface area contributed by atoms with E-state index < -0.39 is 12.2 Å². The van der Waals surface area contributed by atoms with Crippen LogP contribution in [0.25, 0.3) is 11.1 Å². The molecule has 21 heavy (non-hydrogen) atoms. The SMILES string of the molecule is NCCc1ccc(-c2cccc(OC(F)(F)F)c2)c(F)c1. The molecule has 6 heteroatoms. The zero-order valence-corrected chi connectivity index (χ0v) is 11.0. The maximum atomic E-state index is 14.0. The molecule has 0 saturated carbocycles. The smallest absolute Gasteiger partial charge is 0.406 e. The molecule has 0 radical (unpaired) electrons. The Hall–Kier alpha value is -2.08. The Morgan fingerprint density at radius 2 is 1.81 bits per heavy atom. The van der Waals surface area contributed by atoms with Gasteiger partial charge in [-0.25, -0.2) is 4.39 Å². The third-order valence-corrected chi connectivity index (χ3v) is 2.85. The predicted molar refractivity (Wildman–Crippen MR) is 71.3 cm³/mol. The number of nitrogens with two attached hydrogens (primary N) is 1. The van der Waals surface area contributed by atoms with Crippen LogP contribution in [0.2, 0.25) is 0 Å². The minimum atomic E-state index is -4.78. The van der Waals surface area contributed by atoms with E-state index in [0.29, 0.717) is 18.5 Å². The molecule has 0 aliphatic rings. The summed E-state index contributed by atoms with van der Waals surface area (Å²) in [4.78, 5) is 0. The lowest BCUT2D eigenvalue weighted by Gasteiger charge is -2.11. The van der Waals surface area contributed by atoms with Crippen molar-refractivity contribution < 1.29 is 22.3 Å². The number of ether oxygens (including phenoxy) is 1. The van der Waals surface area contributed by atoms with Gasteiger partial charge in [0.25, 0.3) is 0 Å². The van der Waals surface area contributed by atoms with Crippen molar-refractivity contribution in [2.75, 3.05) is 6.54 Å². The van der Waals surface area contributed by atoms with Crippen molar-refractivity contribution in [2.45, 2.75) is 12.8 Å². The molecule has 0 saturated heterocycles. The van der Waals surface area contributed by atoms with Crippen molar-refractivity contribution in [1.82, 2.24) is 0 Å². The predicted octanol–water partition coefficient (Wildman–Crippen LogP) is 3.89. The maximum absolute atomic E-state index is 14.0. The molecule has 0 heterocycles. The van der Waals surface area contributed by atoms with E-state index in [1.54, 1.807) is 6.07 Å². The number of rotatable bonds is 4. The molecule has 2 N–H and O–H groups in total. The van der Waals surface area contributed by atoms with E-state index in [0.717, 1.165) is 17.7 Å². The molecule has 0 aliphatic carbocycles. The summed E-state index contributed by atoms with van der Waals surface area (Å²) in [6.07, 6.45) is -4.24. The molecular weight excluding hydrogens is 286 g/mol. The largest absolute Gasteiger partial charge is 0.573 e. The van der Waals surface area contributed by atoms with Gasteiger partial charge in [-0.2, -0.15) is 0 Å². The van der Waals surface area contributed by atoms with Gasteiger partial charge in [0, 0.05) is 5.56 Å². The van der Waals surface area contributed by atoms with Crippen molar-refractivity contribution in [3.05, 3.63) is 53.8 Å². The van der Waals surface area contributed by atoms with Crippen LogP contribution in [0.5, 0.6) is 5.75 Å². The summed E-state index contributed by atoms with van der Waals surface area (Å²) in [5.74, 6) is -0.893. The van der Waals surface area contributed by atoms with Crippen LogP contribution in [0.3, 0.4) is 0 Å². The van der Waals surface area contributed by atoms with Crippen LogP contribution in [0.1, 0.15) is 5.56 Å². The van der Waals surface area contributed by atoms with Crippen molar-refractivity contribution in [2.24, 2.45) is 5.73 Å². The summed E-state index contributed by atoms with van der Waals surface area (Å²) in [6.45, 7) is 0.397. The first-order chi connectivity index (χ1) is 9.89. The van der Waals surface area contributed by atoms with E-state index >= 15 is 0 Å². The molecular formula is C15H13F4NO. The highest BCUT2D eigenvalue weighted by molar-refractivity contribution is 5.66. The lowest BCUT2D eigenvalue weighted by molar-refractivity contribution is -0.274. The monoisotopic (exact) mass is 299 g/mol. The molecule has 2 aromatic carbocycles. The molecule has 2 rings (SSSR count). The molecule has 0 atom stereocenters. The Labute approximate surface area is 119 Å². The van der Waals surface area contributed by atoms with Crippen LogP contribution in [0, 0.1) is 5.82 Å². The summed E-state index contributed by atoms with van der Waals surface area (Å²) >= 11 is 0. The minimum absolute atomic E-state index is 0.211. The Morgan fingerprint density at radius 3 is 2.43 bits per heavy atom. The van der Waals surface area contributed by atoms with E-state index in [2.05, 4.69) is 4.74 Å². The molecule has 0 amide bonds. The van der Waals surface area contributed by atoms with Crippen molar-refractivity contribution in [3.8, 4) is 16.9 Å². The van der Waals surface area contributed by atoms with Gasteiger partial charge in [0.1, 0.15) is 11.6 Å². The van der Waals surface area contributed by atoms with E-state index in [1.807, 2.05) is 0 Å². The Morgan fingerprint density at radius 1 is 1.05 bits per heavy atom. The van der Waals surface area contributed by atoms with Crippen LogP contribution >= 0.6 is 0 Å². The average molecular weight is 299 g/mol. The molecule has 0 unspecified atom stereocenters. The van der Waals surface area contributed by atoms with Crippen molar-refractivity contribution in [3.63, 3.8) is 0 Å². The Balaban J connectivity index is 2.32. The van der Waals surface area contributed by atoms with Crippen molar-refractivity contribution >= 4 is 0 Å². The molecule has 2 nitrogen and oxygen atoms in total. The number of hydrogen-bond donors (Lipinski definition) is 1. The minimum Gasteiger partial charge on any atom is -0.406 e. The zero-order chi connectivity index (χ0) is 15.5. The van der Waals surface area contributed by atoms with Gasteiger partial charge in [-0.1, -0.05) is 24.3 Å². The number of alkyl halides is 3. The molecule has 0 aromatic heterocycles. The van der Waals surface area contributed by atoms with Gasteiger partial charge in [-0.3, -0.25) is 0 Å². The second kappa shape index (κ2) is 6.13. The summed E-state index contributed by atoms with van der Waals surface area (Å²) in [5, 5.41) is 0. The Bertz CT molecular complexity index is 625. The fourth-order valence-corrected chi connectivity index (χ4v) is 1.98. The maximum Gasteiger partial charge on any atom is 0.573 e. The fourth-order valence-electron chi connectivity index (χ4n) is 1.98. The highest BCUT2D eigenvalue weighted by Crippen LogP contribution is 2.29. The highest BCUT2D eigenvalue weighted by atomic mass is 19.4. The molecule has 2 aromatic rings. The van der Waals surface area contributed by atoms with Gasteiger partial charge in [-0.05, 0) is 42.3 Å². The first-order valence-corrected chi connectivity index (χ1v) is 6.24. The van der Waals surface area contributed by atoms with Gasteiger partial charge in [-0.15, -0.1) is 13.2 Å². The van der Waals surface area contributed by atoms with Gasteiger partial charge < -0.3 is 10.5 Å². The summed E-state index contributed by atoms with van der Waals surface area (Å²) in [5.41, 5.74) is 6.66. The number of halogens is 4. The lowest BCUT2D eigenvalue weighted by atomic mass is 10.0. The second-order valence-corrected chi connectivity index (χ2v) is 4.43. The molecule has 112 valence electrons. The van der Waals surface area contributed by atoms with E-state index in [-0.39, 0.29) is 11.3 Å². The summed E-state index contributed by atoms with van der Waals surface area (Å²) in [7, 11) is 0. The van der Waals surface area contributed by atoms with Crippen LogP contribution < -0.4 is 10.5 Å². The van der Waals surface area contributed by atoms with Crippen molar-refractivity contribution in [1.29, 1.82) is 0 Å². The van der Waals surface area contributed by atoms with E-state index in [9.17, 15) is 17.6 Å². The molecule has 0 bridgehead atoms. The number of hydrogen-bond acceptors (Lipinski definition) is 2. The lowest BCUT2D eigenvalue weighted by Crippen LogP contribution is -2.17. The standard InChI is InChI=1S/C15H13F4NO/c16-14-8-10(6-7-20)4-5-13(14)11-2-1-3-12(9-11)21-15(17,18)19/h1-5,8-9H,6-7,20H2. The average Bonchev–Trinajstić information content (AvgIpc) is 2.37. The number of benzene rings is 2. The summed E-state index contributed by atoms with van der Waals surface area (Å²) in [6, 6.07) is 9.76. The molecule has 0 aliphatic heterocycles. The van der Waals surface area contributed by atoms with Crippen LogP contribution in [0.4, 0.5) is 17.6 Å². The Kier molecular flexibility index (Phi) is 4.47. The van der Waals surface area contributed by atoms with Gasteiger partial charge in [0.2, 0.25) is 0 Å².